The fraction of sp³-hybridized carbons (Fsp3) is 0.500. The molecule has 1 aromatic rings. The molecule has 1 unspecified atom stereocenters. The molecule has 1 atom stereocenters. The molecule has 1 aromatic carbocycles. The van der Waals surface area contributed by atoms with E-state index in [2.05, 4.69) is 4.90 Å². The van der Waals surface area contributed by atoms with Crippen LogP contribution < -0.4 is 10.5 Å². The van der Waals surface area contributed by atoms with Crippen molar-refractivity contribution >= 4 is 35.6 Å². The van der Waals surface area contributed by atoms with Crippen molar-refractivity contribution in [1.29, 1.82) is 0 Å². The first-order valence-corrected chi connectivity index (χ1v) is 6.46. The number of ether oxygens (including phenoxy) is 1. The first-order valence-electron chi connectivity index (χ1n) is 5.71. The van der Waals surface area contributed by atoms with Gasteiger partial charge in [0.2, 0.25) is 0 Å². The van der Waals surface area contributed by atoms with Crippen LogP contribution in [0.4, 0.5) is 0 Å². The van der Waals surface area contributed by atoms with Crippen LogP contribution in [-0.4, -0.2) is 37.2 Å². The first-order chi connectivity index (χ1) is 8.15. The number of nitrogens with zero attached hydrogens (tertiary/aromatic N) is 1. The molecule has 6 heteroatoms. The maximum atomic E-state index is 6.01. The topological polar surface area (TPSA) is 38.5 Å². The summed E-state index contributed by atoms with van der Waals surface area (Å²) in [5.74, 6) is 0.680. The van der Waals surface area contributed by atoms with Gasteiger partial charge in [0.25, 0.3) is 0 Å². The van der Waals surface area contributed by atoms with Gasteiger partial charge in [-0.25, -0.2) is 0 Å². The molecule has 0 aromatic heterocycles. The highest BCUT2D eigenvalue weighted by Gasteiger charge is 2.18. The van der Waals surface area contributed by atoms with E-state index in [0.29, 0.717) is 28.4 Å². The van der Waals surface area contributed by atoms with E-state index in [1.807, 2.05) is 0 Å². The van der Waals surface area contributed by atoms with Gasteiger partial charge in [0.05, 0.1) is 5.02 Å². The Labute approximate surface area is 124 Å². The Morgan fingerprint density at radius 2 is 2.17 bits per heavy atom. The molecule has 1 heterocycles. The van der Waals surface area contributed by atoms with Crippen LogP contribution in [-0.2, 0) is 0 Å². The summed E-state index contributed by atoms with van der Waals surface area (Å²) in [5, 5.41) is 1.17. The number of benzene rings is 1. The molecule has 1 aliphatic heterocycles. The molecule has 2 N–H and O–H groups in total. The Bertz CT molecular complexity index is 390. The Balaban J connectivity index is 0.00000162. The number of halogens is 3. The normalized spacial score (nSPS) is 19.6. The van der Waals surface area contributed by atoms with Crippen LogP contribution in [0.15, 0.2) is 18.2 Å². The van der Waals surface area contributed by atoms with Crippen LogP contribution in [0.5, 0.6) is 5.75 Å². The zero-order chi connectivity index (χ0) is 12.3. The third kappa shape index (κ3) is 4.48. The molecular weight excluding hydrogens is 295 g/mol. The third-order valence-electron chi connectivity index (χ3n) is 2.87. The van der Waals surface area contributed by atoms with Gasteiger partial charge in [-0.1, -0.05) is 23.2 Å². The predicted molar refractivity (Wildman–Crippen MR) is 78.2 cm³/mol. The lowest BCUT2D eigenvalue weighted by Gasteiger charge is -2.15. The van der Waals surface area contributed by atoms with Gasteiger partial charge in [-0.15, -0.1) is 12.4 Å². The van der Waals surface area contributed by atoms with E-state index in [1.54, 1.807) is 18.2 Å². The lowest BCUT2D eigenvalue weighted by Crippen LogP contribution is -2.29. The van der Waals surface area contributed by atoms with Crippen LogP contribution in [0.1, 0.15) is 6.42 Å². The van der Waals surface area contributed by atoms with Gasteiger partial charge < -0.3 is 10.5 Å². The fourth-order valence-electron chi connectivity index (χ4n) is 1.94. The van der Waals surface area contributed by atoms with Gasteiger partial charge in [-0.2, -0.15) is 0 Å². The minimum absolute atomic E-state index is 0. The van der Waals surface area contributed by atoms with E-state index in [4.69, 9.17) is 33.7 Å². The summed E-state index contributed by atoms with van der Waals surface area (Å²) in [4.78, 5) is 2.30. The molecule has 102 valence electrons. The monoisotopic (exact) mass is 310 g/mol. The number of rotatable bonds is 4. The van der Waals surface area contributed by atoms with Crippen LogP contribution in [0.3, 0.4) is 0 Å². The number of nitrogens with two attached hydrogens (primary N) is 1. The molecule has 0 spiro atoms. The van der Waals surface area contributed by atoms with Crippen molar-refractivity contribution in [3.05, 3.63) is 28.2 Å². The lowest BCUT2D eigenvalue weighted by atomic mass is 10.3. The number of likely N-dealkylation sites (tertiary alicyclic amines) is 1. The minimum Gasteiger partial charge on any atom is -0.491 e. The first kappa shape index (κ1) is 15.9. The summed E-state index contributed by atoms with van der Waals surface area (Å²) >= 11 is 11.8. The van der Waals surface area contributed by atoms with Crippen molar-refractivity contribution in [2.24, 2.45) is 5.73 Å². The Morgan fingerprint density at radius 1 is 1.39 bits per heavy atom. The fourth-order valence-corrected chi connectivity index (χ4v) is 2.41. The van der Waals surface area contributed by atoms with E-state index in [-0.39, 0.29) is 12.4 Å². The molecule has 1 fully saturated rings. The van der Waals surface area contributed by atoms with Crippen molar-refractivity contribution in [2.75, 3.05) is 26.2 Å². The molecule has 0 saturated carbocycles. The zero-order valence-electron chi connectivity index (χ0n) is 9.94. The highest BCUT2D eigenvalue weighted by Crippen LogP contribution is 2.27. The Hall–Kier alpha value is -0.190. The highest BCUT2D eigenvalue weighted by molar-refractivity contribution is 6.35. The molecule has 2 rings (SSSR count). The summed E-state index contributed by atoms with van der Waals surface area (Å²) < 4.78 is 5.62. The van der Waals surface area contributed by atoms with Crippen molar-refractivity contribution in [1.82, 2.24) is 4.90 Å². The van der Waals surface area contributed by atoms with E-state index in [9.17, 15) is 0 Å². The molecule has 18 heavy (non-hydrogen) atoms. The van der Waals surface area contributed by atoms with Crippen LogP contribution in [0.25, 0.3) is 0 Å². The van der Waals surface area contributed by atoms with Gasteiger partial charge >= 0.3 is 0 Å². The standard InChI is InChI=1S/C12H16Cl2N2O.ClH/c13-9-1-2-12(11(14)7-9)17-6-5-16-4-3-10(15)8-16;/h1-2,7,10H,3-6,8,15H2;1H. The molecule has 0 aliphatic carbocycles. The number of hydrogen-bond acceptors (Lipinski definition) is 3. The third-order valence-corrected chi connectivity index (χ3v) is 3.40. The second kappa shape index (κ2) is 7.41. The van der Waals surface area contributed by atoms with Crippen molar-refractivity contribution in [3.8, 4) is 5.75 Å². The molecule has 0 amide bonds. The molecule has 1 saturated heterocycles. The largest absolute Gasteiger partial charge is 0.491 e. The molecular formula is C12H17Cl3N2O. The van der Waals surface area contributed by atoms with E-state index in [1.165, 1.54) is 0 Å². The van der Waals surface area contributed by atoms with Crippen LogP contribution >= 0.6 is 35.6 Å². The Morgan fingerprint density at radius 3 is 2.78 bits per heavy atom. The Kier molecular flexibility index (Phi) is 6.53. The van der Waals surface area contributed by atoms with Crippen LogP contribution in [0, 0.1) is 0 Å². The lowest BCUT2D eigenvalue weighted by molar-refractivity contribution is 0.236. The van der Waals surface area contributed by atoms with E-state index in [0.717, 1.165) is 26.1 Å². The summed E-state index contributed by atoms with van der Waals surface area (Å²) in [7, 11) is 0. The van der Waals surface area contributed by atoms with E-state index >= 15 is 0 Å². The van der Waals surface area contributed by atoms with Gasteiger partial charge in [-0.05, 0) is 31.2 Å². The smallest absolute Gasteiger partial charge is 0.138 e. The maximum Gasteiger partial charge on any atom is 0.138 e. The van der Waals surface area contributed by atoms with Crippen LogP contribution in [0.2, 0.25) is 10.0 Å². The summed E-state index contributed by atoms with van der Waals surface area (Å²) in [5.41, 5.74) is 5.83. The minimum atomic E-state index is 0. The maximum absolute atomic E-state index is 6.01. The summed E-state index contributed by atoms with van der Waals surface area (Å²) in [6.07, 6.45) is 1.07. The highest BCUT2D eigenvalue weighted by atomic mass is 35.5. The predicted octanol–water partition coefficient (Wildman–Crippen LogP) is 2.83. The number of hydrogen-bond donors (Lipinski definition) is 1. The molecule has 3 nitrogen and oxygen atoms in total. The van der Waals surface area contributed by atoms with Gasteiger partial charge in [0.15, 0.2) is 0 Å². The second-order valence-corrected chi connectivity index (χ2v) is 5.12. The van der Waals surface area contributed by atoms with Crippen molar-refractivity contribution in [2.45, 2.75) is 12.5 Å². The average Bonchev–Trinajstić information content (AvgIpc) is 2.68. The molecule has 1 aliphatic rings. The SMILES string of the molecule is Cl.NC1CCN(CCOc2ccc(Cl)cc2Cl)C1. The van der Waals surface area contributed by atoms with Gasteiger partial charge in [0.1, 0.15) is 12.4 Å². The molecule has 0 radical (unpaired) electrons. The van der Waals surface area contributed by atoms with Gasteiger partial charge in [0, 0.05) is 24.2 Å². The van der Waals surface area contributed by atoms with Crippen molar-refractivity contribution in [3.63, 3.8) is 0 Å². The average molecular weight is 312 g/mol. The summed E-state index contributed by atoms with van der Waals surface area (Å²) in [6.45, 7) is 3.51. The molecule has 0 bridgehead atoms. The second-order valence-electron chi connectivity index (χ2n) is 4.27. The zero-order valence-corrected chi connectivity index (χ0v) is 12.3. The van der Waals surface area contributed by atoms with E-state index < -0.39 is 0 Å². The summed E-state index contributed by atoms with van der Waals surface area (Å²) in [6, 6.07) is 5.56. The quantitative estimate of drug-likeness (QED) is 0.929. The van der Waals surface area contributed by atoms with Crippen molar-refractivity contribution < 1.29 is 4.74 Å². The van der Waals surface area contributed by atoms with Gasteiger partial charge in [-0.3, -0.25) is 4.90 Å².